The van der Waals surface area contributed by atoms with E-state index < -0.39 is 16.8 Å². The number of aromatic nitrogens is 2. The molecule has 8 nitrogen and oxygen atoms in total. The second-order valence-corrected chi connectivity index (χ2v) is 10.0. The molecule has 8 heteroatoms. The number of anilines is 1. The van der Waals surface area contributed by atoms with Crippen LogP contribution in [-0.2, 0) is 20.4 Å². The second-order valence-electron chi connectivity index (χ2n) is 10.0. The van der Waals surface area contributed by atoms with E-state index in [0.29, 0.717) is 34.7 Å². The fraction of sp³-hybridized carbons (Fsp3) is 0.385. The summed E-state index contributed by atoms with van der Waals surface area (Å²) >= 11 is 0. The first-order valence-corrected chi connectivity index (χ1v) is 11.3. The predicted molar refractivity (Wildman–Crippen MR) is 124 cm³/mol. The molecule has 2 unspecified atom stereocenters. The predicted octanol–water partition coefficient (Wildman–Crippen LogP) is 4.11. The van der Waals surface area contributed by atoms with E-state index in [4.69, 9.17) is 24.2 Å². The van der Waals surface area contributed by atoms with Gasteiger partial charge in [0.1, 0.15) is 0 Å². The Morgan fingerprint density at radius 1 is 0.941 bits per heavy atom. The largest absolute Gasteiger partial charge is 0.465 e. The molecule has 34 heavy (non-hydrogen) atoms. The quantitative estimate of drug-likeness (QED) is 0.588. The zero-order valence-corrected chi connectivity index (χ0v) is 19.5. The van der Waals surface area contributed by atoms with Gasteiger partial charge in [0.25, 0.3) is 0 Å². The molecule has 1 saturated carbocycles. The highest BCUT2D eigenvalue weighted by atomic mass is 16.7. The Kier molecular flexibility index (Phi) is 4.11. The lowest BCUT2D eigenvalue weighted by atomic mass is 9.63. The van der Waals surface area contributed by atoms with Crippen LogP contribution in [0, 0.1) is 5.41 Å². The maximum atomic E-state index is 14.0. The summed E-state index contributed by atoms with van der Waals surface area (Å²) in [5, 5.41) is 3.09. The van der Waals surface area contributed by atoms with E-state index in [1.165, 1.54) is 7.11 Å². The first kappa shape index (κ1) is 20.9. The standard InChI is InChI=1S/C26H25N3O5/c1-24(2)25(3)9-10-26(24,23(31)27-15-7-5-14(6-8-15)22(30)32-4)21-20(25)28-16-11-18-19(34-13-33-18)12-17(16)29-21/h5-8,11-12H,9-10,13H2,1-4H3,(H,27,31). The summed E-state index contributed by atoms with van der Waals surface area (Å²) in [6, 6.07) is 10.4. The third kappa shape index (κ3) is 2.43. The molecule has 1 amide bonds. The Balaban J connectivity index is 1.45. The monoisotopic (exact) mass is 459 g/mol. The minimum Gasteiger partial charge on any atom is -0.465 e. The molecule has 0 saturated heterocycles. The van der Waals surface area contributed by atoms with E-state index in [0.717, 1.165) is 23.3 Å². The maximum Gasteiger partial charge on any atom is 0.337 e. The third-order valence-corrected chi connectivity index (χ3v) is 8.48. The van der Waals surface area contributed by atoms with Gasteiger partial charge in [-0.2, -0.15) is 0 Å². The van der Waals surface area contributed by atoms with Crippen LogP contribution in [0.1, 0.15) is 55.4 Å². The molecule has 1 aliphatic heterocycles. The van der Waals surface area contributed by atoms with Gasteiger partial charge in [-0.05, 0) is 42.5 Å². The van der Waals surface area contributed by atoms with E-state index in [9.17, 15) is 9.59 Å². The number of fused-ring (bicyclic) bond motifs is 7. The van der Waals surface area contributed by atoms with Crippen molar-refractivity contribution in [3.8, 4) is 11.5 Å². The molecular weight excluding hydrogens is 434 g/mol. The van der Waals surface area contributed by atoms with E-state index in [-0.39, 0.29) is 18.1 Å². The Labute approximate surface area is 196 Å². The summed E-state index contributed by atoms with van der Waals surface area (Å²) in [6.45, 7) is 6.64. The molecule has 2 atom stereocenters. The van der Waals surface area contributed by atoms with E-state index in [1.807, 2.05) is 12.1 Å². The summed E-state index contributed by atoms with van der Waals surface area (Å²) < 4.78 is 15.8. The van der Waals surface area contributed by atoms with Crippen LogP contribution in [0.5, 0.6) is 11.5 Å². The number of methoxy groups -OCH3 is 1. The summed E-state index contributed by atoms with van der Waals surface area (Å²) in [5.74, 6) is 0.772. The number of amides is 1. The molecule has 174 valence electrons. The van der Waals surface area contributed by atoms with Crippen molar-refractivity contribution in [1.82, 2.24) is 9.97 Å². The molecule has 3 aliphatic rings. The first-order chi connectivity index (χ1) is 16.2. The van der Waals surface area contributed by atoms with Gasteiger partial charge in [0.15, 0.2) is 11.5 Å². The van der Waals surface area contributed by atoms with Crippen molar-refractivity contribution >= 4 is 28.6 Å². The lowest BCUT2D eigenvalue weighted by molar-refractivity contribution is -0.125. The van der Waals surface area contributed by atoms with Crippen LogP contribution in [0.4, 0.5) is 5.69 Å². The number of nitrogens with zero attached hydrogens (tertiary/aromatic N) is 2. The van der Waals surface area contributed by atoms with Crippen molar-refractivity contribution in [2.45, 2.75) is 44.4 Å². The number of esters is 1. The number of carbonyl (C=O) groups is 2. The molecule has 6 rings (SSSR count). The number of nitrogens with one attached hydrogen (secondary N) is 1. The normalized spacial score (nSPS) is 25.3. The SMILES string of the molecule is COC(=O)c1ccc(NC(=O)C23CCC(C)(c4nc5cc6c(cc5nc42)OCO6)C3(C)C)cc1. The van der Waals surface area contributed by atoms with Crippen molar-refractivity contribution < 1.29 is 23.8 Å². The molecule has 2 aliphatic carbocycles. The first-order valence-electron chi connectivity index (χ1n) is 11.3. The van der Waals surface area contributed by atoms with E-state index in [1.54, 1.807) is 24.3 Å². The van der Waals surface area contributed by atoms with Crippen molar-refractivity contribution in [2.24, 2.45) is 5.41 Å². The maximum absolute atomic E-state index is 14.0. The fourth-order valence-corrected chi connectivity index (χ4v) is 6.04. The van der Waals surface area contributed by atoms with Crippen LogP contribution in [-0.4, -0.2) is 35.7 Å². The topological polar surface area (TPSA) is 99.6 Å². The van der Waals surface area contributed by atoms with Gasteiger partial charge in [-0.15, -0.1) is 0 Å². The highest BCUT2D eigenvalue weighted by Gasteiger charge is 2.73. The fourth-order valence-electron chi connectivity index (χ4n) is 6.04. The van der Waals surface area contributed by atoms with Gasteiger partial charge < -0.3 is 19.5 Å². The molecule has 3 aromatic rings. The van der Waals surface area contributed by atoms with Crippen LogP contribution >= 0.6 is 0 Å². The number of hydrogen-bond donors (Lipinski definition) is 1. The van der Waals surface area contributed by atoms with Crippen molar-refractivity contribution in [1.29, 1.82) is 0 Å². The van der Waals surface area contributed by atoms with Gasteiger partial charge in [0.05, 0.1) is 40.5 Å². The summed E-state index contributed by atoms with van der Waals surface area (Å²) in [7, 11) is 1.34. The highest BCUT2D eigenvalue weighted by molar-refractivity contribution is 6.02. The molecule has 2 aromatic carbocycles. The highest BCUT2D eigenvalue weighted by Crippen LogP contribution is 2.70. The smallest absolute Gasteiger partial charge is 0.337 e. The average Bonchev–Trinajstić information content (AvgIpc) is 3.40. The van der Waals surface area contributed by atoms with Gasteiger partial charge in [-0.3, -0.25) is 4.79 Å². The lowest BCUT2D eigenvalue weighted by Crippen LogP contribution is -2.48. The molecule has 1 N–H and O–H groups in total. The number of carbonyl (C=O) groups excluding carboxylic acids is 2. The van der Waals surface area contributed by atoms with Crippen molar-refractivity contribution in [3.05, 3.63) is 53.3 Å². The summed E-state index contributed by atoms with van der Waals surface area (Å²) in [6.07, 6.45) is 1.52. The molecule has 1 fully saturated rings. The van der Waals surface area contributed by atoms with Gasteiger partial charge in [-0.25, -0.2) is 14.8 Å². The summed E-state index contributed by atoms with van der Waals surface area (Å²) in [5.41, 5.74) is 2.53. The Morgan fingerprint density at radius 2 is 1.56 bits per heavy atom. The van der Waals surface area contributed by atoms with Gasteiger partial charge in [0.2, 0.25) is 12.7 Å². The van der Waals surface area contributed by atoms with Gasteiger partial charge >= 0.3 is 5.97 Å². The molecule has 0 radical (unpaired) electrons. The van der Waals surface area contributed by atoms with E-state index in [2.05, 4.69) is 26.1 Å². The molecule has 1 aromatic heterocycles. The van der Waals surface area contributed by atoms with Crippen molar-refractivity contribution in [2.75, 3.05) is 19.2 Å². The average molecular weight is 460 g/mol. The number of hydrogen-bond acceptors (Lipinski definition) is 7. The van der Waals surface area contributed by atoms with Crippen LogP contribution in [0.3, 0.4) is 0 Å². The third-order valence-electron chi connectivity index (χ3n) is 8.48. The number of ether oxygens (including phenoxy) is 3. The van der Waals surface area contributed by atoms with Gasteiger partial charge in [-0.1, -0.05) is 20.8 Å². The van der Waals surface area contributed by atoms with Crippen molar-refractivity contribution in [3.63, 3.8) is 0 Å². The molecular formula is C26H25N3O5. The molecule has 0 spiro atoms. The minimum absolute atomic E-state index is 0.111. The summed E-state index contributed by atoms with van der Waals surface area (Å²) in [4.78, 5) is 35.8. The van der Waals surface area contributed by atoms with Gasteiger partial charge in [0, 0.05) is 23.2 Å². The second kappa shape index (κ2) is 6.68. The Morgan fingerprint density at radius 3 is 2.18 bits per heavy atom. The van der Waals surface area contributed by atoms with E-state index >= 15 is 0 Å². The van der Waals surface area contributed by atoms with Crippen LogP contribution in [0.25, 0.3) is 11.0 Å². The minimum atomic E-state index is -0.838. The zero-order chi connectivity index (χ0) is 23.9. The molecule has 2 heterocycles. The van der Waals surface area contributed by atoms with Crippen LogP contribution < -0.4 is 14.8 Å². The number of rotatable bonds is 3. The van der Waals surface area contributed by atoms with Crippen LogP contribution in [0.15, 0.2) is 36.4 Å². The Bertz CT molecular complexity index is 1380. The Hall–Kier alpha value is -3.68. The molecule has 2 bridgehead atoms. The number of benzene rings is 2. The van der Waals surface area contributed by atoms with Crippen LogP contribution in [0.2, 0.25) is 0 Å². The lowest BCUT2D eigenvalue weighted by Gasteiger charge is -2.39. The zero-order valence-electron chi connectivity index (χ0n) is 19.5.